The van der Waals surface area contributed by atoms with Gasteiger partial charge in [-0.1, -0.05) is 61.1 Å². The molecular formula is C30H26O2S2. The van der Waals surface area contributed by atoms with Gasteiger partial charge in [-0.05, 0) is 84.6 Å². The number of carbonyl (C=O) groups is 2. The molecule has 0 radical (unpaired) electrons. The fraction of sp³-hybridized carbons (Fsp3) is 0.200. The Morgan fingerprint density at radius 3 is 1.26 bits per heavy atom. The lowest BCUT2D eigenvalue weighted by atomic mass is 9.95. The molecule has 0 aromatic heterocycles. The average molecular weight is 483 g/mol. The fourth-order valence-electron chi connectivity index (χ4n) is 3.33. The van der Waals surface area contributed by atoms with E-state index in [1.165, 1.54) is 34.7 Å². The van der Waals surface area contributed by atoms with Crippen LogP contribution in [0.2, 0.25) is 0 Å². The lowest BCUT2D eigenvalue weighted by Gasteiger charge is -2.08. The molecular weight excluding hydrogens is 456 g/mol. The van der Waals surface area contributed by atoms with Crippen molar-refractivity contribution >= 4 is 33.8 Å². The van der Waals surface area contributed by atoms with Gasteiger partial charge in [-0.25, -0.2) is 0 Å². The molecule has 0 spiro atoms. The maximum absolute atomic E-state index is 11.3. The first-order valence-corrected chi connectivity index (χ1v) is 12.8. The van der Waals surface area contributed by atoms with Crippen LogP contribution in [-0.4, -0.2) is 10.2 Å². The lowest BCUT2D eigenvalue weighted by Crippen LogP contribution is -1.96. The molecule has 0 unspecified atom stereocenters. The van der Waals surface area contributed by atoms with Gasteiger partial charge in [0.2, 0.25) is 0 Å². The maximum Gasteiger partial charge on any atom is 0.190 e. The molecule has 170 valence electrons. The molecule has 4 heteroatoms. The van der Waals surface area contributed by atoms with E-state index in [9.17, 15) is 9.59 Å². The van der Waals surface area contributed by atoms with Gasteiger partial charge in [0.15, 0.2) is 10.2 Å². The summed E-state index contributed by atoms with van der Waals surface area (Å²) in [4.78, 5) is 24.4. The zero-order valence-corrected chi connectivity index (χ0v) is 21.5. The van der Waals surface area contributed by atoms with E-state index in [1.54, 1.807) is 13.8 Å². The summed E-state index contributed by atoms with van der Waals surface area (Å²) in [6.07, 6.45) is 1.74. The Morgan fingerprint density at radius 2 is 0.971 bits per heavy atom. The summed E-state index contributed by atoms with van der Waals surface area (Å²) < 4.78 is 0. The van der Waals surface area contributed by atoms with Gasteiger partial charge >= 0.3 is 0 Å². The van der Waals surface area contributed by atoms with Crippen molar-refractivity contribution in [3.05, 3.63) is 94.0 Å². The summed E-state index contributed by atoms with van der Waals surface area (Å²) in [5.74, 6) is 13.2. The van der Waals surface area contributed by atoms with Crippen molar-refractivity contribution in [3.63, 3.8) is 0 Å². The monoisotopic (exact) mass is 482 g/mol. The molecule has 0 saturated carbocycles. The van der Waals surface area contributed by atoms with Crippen molar-refractivity contribution in [3.8, 4) is 23.7 Å². The molecule has 0 heterocycles. The lowest BCUT2D eigenvalue weighted by molar-refractivity contribution is -0.109. The van der Waals surface area contributed by atoms with Crippen LogP contribution < -0.4 is 0 Å². The molecule has 0 aliphatic rings. The highest BCUT2D eigenvalue weighted by Crippen LogP contribution is 2.21. The highest BCUT2D eigenvalue weighted by Gasteiger charge is 2.06. The molecule has 3 rings (SSSR count). The predicted molar refractivity (Wildman–Crippen MR) is 143 cm³/mol. The molecule has 0 atom stereocenters. The third-order valence-electron chi connectivity index (χ3n) is 5.01. The maximum atomic E-state index is 11.3. The van der Waals surface area contributed by atoms with Crippen molar-refractivity contribution in [1.29, 1.82) is 0 Å². The van der Waals surface area contributed by atoms with Gasteiger partial charge in [0.05, 0.1) is 0 Å². The highest BCUT2D eigenvalue weighted by molar-refractivity contribution is 8.13. The Kier molecular flexibility index (Phi) is 9.23. The molecule has 0 fully saturated rings. The molecule has 0 aliphatic carbocycles. The number of hydrogen-bond donors (Lipinski definition) is 0. The third-order valence-corrected chi connectivity index (χ3v) is 6.60. The first kappa shape index (κ1) is 25.4. The Hall–Kier alpha value is -3.18. The Bertz CT molecular complexity index is 1210. The average Bonchev–Trinajstić information content (AvgIpc) is 2.82. The van der Waals surface area contributed by atoms with E-state index in [-0.39, 0.29) is 10.2 Å². The number of benzene rings is 3. The SMILES string of the molecule is CCc1cc(C#Cc2ccc(SC(C)=O)cc2)c(CC)cc1C#Cc1ccc(SC(C)=O)cc1. The molecule has 0 amide bonds. The van der Waals surface area contributed by atoms with Crippen molar-refractivity contribution in [2.45, 2.75) is 50.3 Å². The summed E-state index contributed by atoms with van der Waals surface area (Å²) in [6, 6.07) is 19.8. The van der Waals surface area contributed by atoms with E-state index in [4.69, 9.17) is 0 Å². The second kappa shape index (κ2) is 12.3. The third kappa shape index (κ3) is 7.42. The van der Waals surface area contributed by atoms with E-state index in [0.29, 0.717) is 0 Å². The summed E-state index contributed by atoms with van der Waals surface area (Å²) in [5, 5.41) is 0.149. The molecule has 0 aliphatic heterocycles. The number of aryl methyl sites for hydroxylation is 2. The van der Waals surface area contributed by atoms with Gasteiger partial charge in [0.25, 0.3) is 0 Å². The zero-order valence-electron chi connectivity index (χ0n) is 19.8. The minimum Gasteiger partial charge on any atom is -0.287 e. The second-order valence-electron chi connectivity index (χ2n) is 7.61. The highest BCUT2D eigenvalue weighted by atomic mass is 32.2. The minimum atomic E-state index is 0.0747. The summed E-state index contributed by atoms with van der Waals surface area (Å²) >= 11 is 2.45. The van der Waals surface area contributed by atoms with Gasteiger partial charge in [0, 0.05) is 45.9 Å². The summed E-state index contributed by atoms with van der Waals surface area (Å²) in [5.41, 5.74) is 6.24. The summed E-state index contributed by atoms with van der Waals surface area (Å²) in [7, 11) is 0. The second-order valence-corrected chi connectivity index (χ2v) is 10.1. The van der Waals surface area contributed by atoms with Crippen LogP contribution in [-0.2, 0) is 22.4 Å². The normalized spacial score (nSPS) is 10.0. The van der Waals surface area contributed by atoms with Crippen LogP contribution in [0.15, 0.2) is 70.5 Å². The van der Waals surface area contributed by atoms with E-state index < -0.39 is 0 Å². The van der Waals surface area contributed by atoms with E-state index in [0.717, 1.165) is 44.9 Å². The van der Waals surface area contributed by atoms with Gasteiger partial charge < -0.3 is 0 Å². The van der Waals surface area contributed by atoms with Crippen LogP contribution in [0.25, 0.3) is 0 Å². The quantitative estimate of drug-likeness (QED) is 0.300. The molecule has 3 aromatic rings. The number of rotatable bonds is 4. The van der Waals surface area contributed by atoms with Crippen LogP contribution in [0, 0.1) is 23.7 Å². The standard InChI is InChI=1S/C30H26O2S2/c1-5-25-19-28(14-8-24-11-17-30(18-12-24)34-22(4)32)26(6-2)20-27(25)13-7-23-9-15-29(16-10-23)33-21(3)31/h9-12,15-20H,5-6H2,1-4H3. The Balaban J connectivity index is 1.86. The van der Waals surface area contributed by atoms with Crippen molar-refractivity contribution in [2.75, 3.05) is 0 Å². The molecule has 2 nitrogen and oxygen atoms in total. The minimum absolute atomic E-state index is 0.0747. The van der Waals surface area contributed by atoms with Crippen LogP contribution in [0.3, 0.4) is 0 Å². The Morgan fingerprint density at radius 1 is 0.618 bits per heavy atom. The van der Waals surface area contributed by atoms with Crippen molar-refractivity contribution < 1.29 is 9.59 Å². The topological polar surface area (TPSA) is 34.1 Å². The first-order valence-electron chi connectivity index (χ1n) is 11.1. The van der Waals surface area contributed by atoms with Gasteiger partial charge in [-0.15, -0.1) is 0 Å². The Labute approximate surface area is 210 Å². The summed E-state index contributed by atoms with van der Waals surface area (Å²) in [6.45, 7) is 7.39. The molecule has 0 N–H and O–H groups in total. The molecule has 34 heavy (non-hydrogen) atoms. The van der Waals surface area contributed by atoms with Gasteiger partial charge in [-0.3, -0.25) is 9.59 Å². The van der Waals surface area contributed by atoms with Crippen LogP contribution in [0.5, 0.6) is 0 Å². The van der Waals surface area contributed by atoms with Crippen LogP contribution in [0.1, 0.15) is 61.1 Å². The molecule has 3 aromatic carbocycles. The first-order chi connectivity index (χ1) is 16.4. The van der Waals surface area contributed by atoms with E-state index in [2.05, 4.69) is 49.7 Å². The van der Waals surface area contributed by atoms with Crippen LogP contribution in [0.4, 0.5) is 0 Å². The smallest absolute Gasteiger partial charge is 0.190 e. The van der Waals surface area contributed by atoms with Gasteiger partial charge in [-0.2, -0.15) is 0 Å². The number of thioether (sulfide) groups is 2. The molecule has 0 bridgehead atoms. The molecule has 0 saturated heterocycles. The number of hydrogen-bond acceptors (Lipinski definition) is 4. The fourth-order valence-corrected chi connectivity index (χ4v) is 4.54. The van der Waals surface area contributed by atoms with Gasteiger partial charge in [0.1, 0.15) is 0 Å². The van der Waals surface area contributed by atoms with E-state index >= 15 is 0 Å². The largest absolute Gasteiger partial charge is 0.287 e. The van der Waals surface area contributed by atoms with Crippen LogP contribution >= 0.6 is 23.5 Å². The van der Waals surface area contributed by atoms with E-state index in [1.807, 2.05) is 48.5 Å². The van der Waals surface area contributed by atoms with Crippen molar-refractivity contribution in [2.24, 2.45) is 0 Å². The van der Waals surface area contributed by atoms with Crippen molar-refractivity contribution in [1.82, 2.24) is 0 Å². The zero-order chi connectivity index (χ0) is 24.5. The number of carbonyl (C=O) groups excluding carboxylic acids is 2. The predicted octanol–water partition coefficient (Wildman–Crippen LogP) is 6.89.